The third-order valence-electron chi connectivity index (χ3n) is 0.957. The van der Waals surface area contributed by atoms with E-state index in [1.54, 1.807) is 0 Å². The fourth-order valence-corrected chi connectivity index (χ4v) is 0.500. The molecular weight excluding hydrogens is 122 g/mol. The molecule has 0 N–H and O–H groups in total. The molecule has 64 valence electrons. The van der Waals surface area contributed by atoms with Crippen molar-refractivity contribution >= 4 is 0 Å². The molecule has 0 bridgehead atoms. The van der Waals surface area contributed by atoms with Crippen molar-refractivity contribution in [1.29, 1.82) is 0 Å². The quantitative estimate of drug-likeness (QED) is 0.552. The smallest absolute Gasteiger partial charge is 0.0140 e. The molecule has 0 aromatic heterocycles. The number of unbranched alkanes of at least 4 members (excludes halogenated alkanes) is 3. The molecule has 1 nitrogen and oxygen atoms in total. The van der Waals surface area contributed by atoms with Crippen molar-refractivity contribution in [3.05, 3.63) is 0 Å². The van der Waals surface area contributed by atoms with Crippen LogP contribution in [0.15, 0.2) is 0 Å². The standard InChI is InChI=1S/C6H14.C3H9N/c1-3-5-6-4-2;1-4(2)3/h3-6H2,1-2H3;1-3H3. The van der Waals surface area contributed by atoms with Crippen molar-refractivity contribution < 1.29 is 0 Å². The summed E-state index contributed by atoms with van der Waals surface area (Å²) < 4.78 is 0. The van der Waals surface area contributed by atoms with Crippen LogP contribution in [0, 0.1) is 0 Å². The Balaban J connectivity index is 0. The second-order valence-corrected chi connectivity index (χ2v) is 3.05. The molecule has 0 unspecified atom stereocenters. The molecule has 10 heavy (non-hydrogen) atoms. The van der Waals surface area contributed by atoms with Gasteiger partial charge in [-0.1, -0.05) is 39.5 Å². The minimum absolute atomic E-state index is 1.36. The number of hydrogen-bond acceptors (Lipinski definition) is 1. The Morgan fingerprint density at radius 3 is 1.10 bits per heavy atom. The normalized spacial score (nSPS) is 9.00. The SMILES string of the molecule is CCCCCC.CN(C)C. The first-order valence-electron chi connectivity index (χ1n) is 4.26. The highest BCUT2D eigenvalue weighted by Crippen LogP contribution is 1.95. The van der Waals surface area contributed by atoms with Gasteiger partial charge in [-0.2, -0.15) is 0 Å². The summed E-state index contributed by atoms with van der Waals surface area (Å²) >= 11 is 0. The van der Waals surface area contributed by atoms with Crippen molar-refractivity contribution in [2.75, 3.05) is 21.1 Å². The fraction of sp³-hybridized carbons (Fsp3) is 1.00. The van der Waals surface area contributed by atoms with Gasteiger partial charge in [0.15, 0.2) is 0 Å². The summed E-state index contributed by atoms with van der Waals surface area (Å²) in [7, 11) is 6.00. The van der Waals surface area contributed by atoms with E-state index in [4.69, 9.17) is 0 Å². The Morgan fingerprint density at radius 2 is 1.00 bits per heavy atom. The van der Waals surface area contributed by atoms with E-state index in [9.17, 15) is 0 Å². The number of hydrogen-bond donors (Lipinski definition) is 0. The topological polar surface area (TPSA) is 3.24 Å². The number of nitrogens with zero attached hydrogens (tertiary/aromatic N) is 1. The minimum Gasteiger partial charge on any atom is -0.312 e. The highest BCUT2D eigenvalue weighted by molar-refractivity contribution is 4.31. The summed E-state index contributed by atoms with van der Waals surface area (Å²) in [4.78, 5) is 2.00. The molecule has 0 saturated carbocycles. The average molecular weight is 145 g/mol. The first kappa shape index (κ1) is 12.6. The van der Waals surface area contributed by atoms with Crippen molar-refractivity contribution in [2.45, 2.75) is 39.5 Å². The van der Waals surface area contributed by atoms with Crippen LogP contribution < -0.4 is 0 Å². The van der Waals surface area contributed by atoms with Crippen LogP contribution in [0.1, 0.15) is 39.5 Å². The lowest BCUT2D eigenvalue weighted by Crippen LogP contribution is -1.99. The molecule has 0 aromatic rings. The van der Waals surface area contributed by atoms with Gasteiger partial charge in [-0.3, -0.25) is 0 Å². The maximum atomic E-state index is 2.23. The van der Waals surface area contributed by atoms with Gasteiger partial charge in [0, 0.05) is 0 Å². The third kappa shape index (κ3) is 44.0. The Labute approximate surface area is 66.4 Å². The van der Waals surface area contributed by atoms with Crippen LogP contribution in [-0.4, -0.2) is 26.0 Å². The van der Waals surface area contributed by atoms with E-state index in [0.717, 1.165) is 0 Å². The molecule has 0 rings (SSSR count). The molecule has 0 atom stereocenters. The molecule has 0 aliphatic heterocycles. The maximum Gasteiger partial charge on any atom is -0.0140 e. The average Bonchev–Trinajstić information content (AvgIpc) is 1.82. The fourth-order valence-electron chi connectivity index (χ4n) is 0.500. The summed E-state index contributed by atoms with van der Waals surface area (Å²) in [6, 6.07) is 0. The lowest BCUT2D eigenvalue weighted by molar-refractivity contribution is 0.505. The summed E-state index contributed by atoms with van der Waals surface area (Å²) in [5, 5.41) is 0. The molecule has 0 spiro atoms. The summed E-state index contributed by atoms with van der Waals surface area (Å²) in [5.41, 5.74) is 0. The summed E-state index contributed by atoms with van der Waals surface area (Å²) in [6.45, 7) is 4.46. The van der Waals surface area contributed by atoms with E-state index < -0.39 is 0 Å². The Hall–Kier alpha value is -0.0400. The minimum atomic E-state index is 1.36. The molecule has 0 radical (unpaired) electrons. The van der Waals surface area contributed by atoms with Crippen molar-refractivity contribution in [3.8, 4) is 0 Å². The molecule has 1 heteroatoms. The van der Waals surface area contributed by atoms with Crippen LogP contribution in [0.25, 0.3) is 0 Å². The number of rotatable bonds is 3. The van der Waals surface area contributed by atoms with Crippen LogP contribution in [0.3, 0.4) is 0 Å². The van der Waals surface area contributed by atoms with Gasteiger partial charge in [-0.05, 0) is 21.1 Å². The molecule has 0 aromatic carbocycles. The summed E-state index contributed by atoms with van der Waals surface area (Å²) in [5.74, 6) is 0. The Morgan fingerprint density at radius 1 is 0.800 bits per heavy atom. The zero-order chi connectivity index (χ0) is 8.41. The molecular formula is C9H23N. The second kappa shape index (κ2) is 11.7. The van der Waals surface area contributed by atoms with Crippen LogP contribution in [0.2, 0.25) is 0 Å². The van der Waals surface area contributed by atoms with Gasteiger partial charge >= 0.3 is 0 Å². The van der Waals surface area contributed by atoms with Gasteiger partial charge < -0.3 is 4.90 Å². The maximum absolute atomic E-state index is 2.23. The molecule has 0 heterocycles. The van der Waals surface area contributed by atoms with Gasteiger partial charge in [0.1, 0.15) is 0 Å². The van der Waals surface area contributed by atoms with E-state index in [0.29, 0.717) is 0 Å². The monoisotopic (exact) mass is 145 g/mol. The van der Waals surface area contributed by atoms with Gasteiger partial charge in [0.05, 0.1) is 0 Å². The van der Waals surface area contributed by atoms with Crippen molar-refractivity contribution in [2.24, 2.45) is 0 Å². The van der Waals surface area contributed by atoms with Crippen LogP contribution in [-0.2, 0) is 0 Å². The predicted octanol–water partition coefficient (Wildman–Crippen LogP) is 2.76. The Kier molecular flexibility index (Phi) is 14.8. The first-order chi connectivity index (χ1) is 4.65. The Bertz CT molecular complexity index is 35.2. The zero-order valence-electron chi connectivity index (χ0n) is 8.28. The molecule has 0 aliphatic carbocycles. The molecule has 0 saturated heterocycles. The van der Waals surface area contributed by atoms with Crippen LogP contribution >= 0.6 is 0 Å². The van der Waals surface area contributed by atoms with Gasteiger partial charge in [0.2, 0.25) is 0 Å². The molecule has 0 fully saturated rings. The highest BCUT2D eigenvalue weighted by Gasteiger charge is 1.75. The van der Waals surface area contributed by atoms with Gasteiger partial charge in [-0.25, -0.2) is 0 Å². The van der Waals surface area contributed by atoms with Crippen LogP contribution in [0.5, 0.6) is 0 Å². The largest absolute Gasteiger partial charge is 0.312 e. The predicted molar refractivity (Wildman–Crippen MR) is 49.4 cm³/mol. The van der Waals surface area contributed by atoms with E-state index >= 15 is 0 Å². The lowest BCUT2D eigenvalue weighted by Gasteiger charge is -1.90. The van der Waals surface area contributed by atoms with Gasteiger partial charge in [-0.15, -0.1) is 0 Å². The van der Waals surface area contributed by atoms with E-state index in [-0.39, 0.29) is 0 Å². The van der Waals surface area contributed by atoms with E-state index in [2.05, 4.69) is 13.8 Å². The summed E-state index contributed by atoms with van der Waals surface area (Å²) in [6.07, 6.45) is 5.54. The lowest BCUT2D eigenvalue weighted by atomic mass is 10.2. The highest BCUT2D eigenvalue weighted by atomic mass is 15.0. The second-order valence-electron chi connectivity index (χ2n) is 3.05. The van der Waals surface area contributed by atoms with E-state index in [1.165, 1.54) is 25.7 Å². The van der Waals surface area contributed by atoms with E-state index in [1.807, 2.05) is 26.0 Å². The third-order valence-corrected chi connectivity index (χ3v) is 0.957. The van der Waals surface area contributed by atoms with Gasteiger partial charge in [0.25, 0.3) is 0 Å². The molecule has 0 aliphatic rings. The first-order valence-corrected chi connectivity index (χ1v) is 4.26. The molecule has 0 amide bonds. The van der Waals surface area contributed by atoms with Crippen molar-refractivity contribution in [1.82, 2.24) is 4.90 Å². The van der Waals surface area contributed by atoms with Crippen molar-refractivity contribution in [3.63, 3.8) is 0 Å². The van der Waals surface area contributed by atoms with Crippen LogP contribution in [0.4, 0.5) is 0 Å². The zero-order valence-corrected chi connectivity index (χ0v) is 8.28.